The number of carbonyl (C=O) groups is 5. The second-order valence-electron chi connectivity index (χ2n) is 10.1. The van der Waals surface area contributed by atoms with E-state index in [0.29, 0.717) is 25.1 Å². The van der Waals surface area contributed by atoms with Gasteiger partial charge in [-0.2, -0.15) is 0 Å². The molecule has 1 aromatic rings. The van der Waals surface area contributed by atoms with Gasteiger partial charge in [0.05, 0.1) is 25.1 Å². The van der Waals surface area contributed by atoms with E-state index in [1.807, 2.05) is 0 Å². The molecule has 19 heteroatoms. The predicted octanol–water partition coefficient (Wildman–Crippen LogP) is -5.14. The van der Waals surface area contributed by atoms with Gasteiger partial charge < -0.3 is 64.5 Å². The van der Waals surface area contributed by atoms with Crippen LogP contribution in [0.3, 0.4) is 0 Å². The average Bonchev–Trinajstić information content (AvgIpc) is 3.47. The van der Waals surface area contributed by atoms with Gasteiger partial charge in [0.25, 0.3) is 0 Å². The number of unbranched alkanes of at least 4 members (excludes halogenated alkanes) is 1. The van der Waals surface area contributed by atoms with E-state index in [-0.39, 0.29) is 38.2 Å². The van der Waals surface area contributed by atoms with Crippen LogP contribution < -0.4 is 44.2 Å². The fourth-order valence-corrected chi connectivity index (χ4v) is 3.91. The van der Waals surface area contributed by atoms with Gasteiger partial charge in [-0.1, -0.05) is 0 Å². The lowest BCUT2D eigenvalue weighted by molar-refractivity contribution is -0.143. The van der Waals surface area contributed by atoms with Crippen LogP contribution in [0.5, 0.6) is 0 Å². The molecule has 248 valence electrons. The van der Waals surface area contributed by atoms with E-state index in [1.54, 1.807) is 0 Å². The number of rotatable bonds is 21. The molecule has 1 rings (SSSR count). The molecule has 0 radical (unpaired) electrons. The topological polar surface area (TPSA) is 339 Å². The monoisotopic (exact) mass is 627 g/mol. The summed E-state index contributed by atoms with van der Waals surface area (Å²) >= 11 is 0. The summed E-state index contributed by atoms with van der Waals surface area (Å²) in [5.74, 6) is -5.04. The van der Waals surface area contributed by atoms with Crippen LogP contribution in [0.1, 0.15) is 44.7 Å². The third-order valence-electron chi connectivity index (χ3n) is 6.35. The number of imidazole rings is 1. The molecule has 0 aliphatic rings. The van der Waals surface area contributed by atoms with Gasteiger partial charge in [-0.15, -0.1) is 0 Å². The van der Waals surface area contributed by atoms with Gasteiger partial charge in [0.2, 0.25) is 23.6 Å². The maximum absolute atomic E-state index is 13.2. The zero-order valence-corrected chi connectivity index (χ0v) is 24.6. The van der Waals surface area contributed by atoms with Crippen LogP contribution in [0.4, 0.5) is 0 Å². The number of aliphatic imine (C=N–C) groups is 1. The Balaban J connectivity index is 2.95. The third kappa shape index (κ3) is 13.8. The summed E-state index contributed by atoms with van der Waals surface area (Å²) in [4.78, 5) is 73.7. The minimum Gasteiger partial charge on any atom is -0.480 e. The first-order valence-electron chi connectivity index (χ1n) is 14.0. The largest absolute Gasteiger partial charge is 0.480 e. The molecule has 1 heterocycles. The lowest BCUT2D eigenvalue weighted by atomic mass is 10.1. The average molecular weight is 628 g/mol. The van der Waals surface area contributed by atoms with Crippen LogP contribution in [0.15, 0.2) is 17.5 Å². The summed E-state index contributed by atoms with van der Waals surface area (Å²) < 4.78 is 0. The molecule has 16 N–H and O–H groups in total. The molecule has 0 aliphatic carbocycles. The summed E-state index contributed by atoms with van der Waals surface area (Å²) in [6.07, 6.45) is 2.59. The normalized spacial score (nSPS) is 15.0. The number of aromatic nitrogens is 2. The smallest absolute Gasteiger partial charge is 0.326 e. The number of guanidine groups is 1. The molecule has 0 aromatic carbocycles. The number of aliphatic carboxylic acids is 1. The molecule has 0 spiro atoms. The Morgan fingerprint density at radius 2 is 1.55 bits per heavy atom. The molecule has 1 aromatic heterocycles. The van der Waals surface area contributed by atoms with Crippen LogP contribution in [0.2, 0.25) is 0 Å². The lowest BCUT2D eigenvalue weighted by Gasteiger charge is -2.27. The quantitative estimate of drug-likeness (QED) is 0.0345. The number of carbonyl (C=O) groups excluding carboxylic acids is 4. The molecule has 0 saturated heterocycles. The van der Waals surface area contributed by atoms with Crippen LogP contribution in [-0.2, 0) is 30.4 Å². The zero-order valence-electron chi connectivity index (χ0n) is 24.6. The summed E-state index contributed by atoms with van der Waals surface area (Å²) in [6, 6.07) is -6.78. The van der Waals surface area contributed by atoms with Crippen LogP contribution in [0.25, 0.3) is 0 Å². The third-order valence-corrected chi connectivity index (χ3v) is 6.35. The first-order chi connectivity index (χ1) is 20.8. The fraction of sp³-hybridized carbons (Fsp3) is 0.640. The van der Waals surface area contributed by atoms with E-state index < -0.39 is 72.5 Å². The van der Waals surface area contributed by atoms with E-state index in [0.717, 1.165) is 0 Å². The van der Waals surface area contributed by atoms with Crippen molar-refractivity contribution in [3.63, 3.8) is 0 Å². The molecule has 44 heavy (non-hydrogen) atoms. The Hall–Kier alpha value is -4.33. The maximum Gasteiger partial charge on any atom is 0.326 e. The van der Waals surface area contributed by atoms with Crippen LogP contribution in [0, 0.1) is 0 Å². The minimum atomic E-state index is -1.59. The van der Waals surface area contributed by atoms with E-state index in [4.69, 9.17) is 22.9 Å². The highest BCUT2D eigenvalue weighted by Gasteiger charge is 2.33. The van der Waals surface area contributed by atoms with Crippen molar-refractivity contribution in [2.75, 3.05) is 19.7 Å². The highest BCUT2D eigenvalue weighted by molar-refractivity contribution is 5.95. The van der Waals surface area contributed by atoms with Crippen molar-refractivity contribution in [3.05, 3.63) is 18.2 Å². The lowest BCUT2D eigenvalue weighted by Crippen LogP contribution is -2.61. The number of carboxylic acid groups (broad SMARTS) is 1. The second-order valence-corrected chi connectivity index (χ2v) is 10.1. The van der Waals surface area contributed by atoms with E-state index in [9.17, 15) is 39.3 Å². The van der Waals surface area contributed by atoms with Gasteiger partial charge in [-0.3, -0.25) is 24.2 Å². The fourth-order valence-electron chi connectivity index (χ4n) is 3.91. The van der Waals surface area contributed by atoms with Crippen molar-refractivity contribution >= 4 is 35.6 Å². The number of H-pyrrole nitrogens is 1. The number of aromatic amines is 1. The number of aliphatic hydroxyl groups is 2. The molecule has 0 fully saturated rings. The standard InChI is InChI=1S/C25H45N11O8/c1-13(38)19(23(42)34-17(24(43)44)6-4-8-31-25(28)29)36-21(40)16(5-2-3-7-26)33-22(41)18(11-37)35-20(39)15(27)9-14-10-30-12-32-14/h10,12-13,15-19,37-38H,2-9,11,26-27H2,1H3,(H,30,32)(H,33,41)(H,34,42)(H,35,39)(H,36,40)(H,43,44)(H4,28,29,31)/t13-,15+,16+,17+,18+,19+/m1/s1. The van der Waals surface area contributed by atoms with Crippen LogP contribution >= 0.6 is 0 Å². The van der Waals surface area contributed by atoms with Gasteiger partial charge in [0, 0.05) is 24.9 Å². The van der Waals surface area contributed by atoms with Gasteiger partial charge >= 0.3 is 5.97 Å². The number of nitrogens with zero attached hydrogens (tertiary/aromatic N) is 2. The van der Waals surface area contributed by atoms with E-state index in [1.165, 1.54) is 19.4 Å². The van der Waals surface area contributed by atoms with Crippen molar-refractivity contribution in [3.8, 4) is 0 Å². The van der Waals surface area contributed by atoms with Gasteiger partial charge in [0.15, 0.2) is 5.96 Å². The molecular formula is C25H45N11O8. The highest BCUT2D eigenvalue weighted by atomic mass is 16.4. The number of hydrogen-bond acceptors (Lipinski definition) is 11. The molecule has 19 nitrogen and oxygen atoms in total. The summed E-state index contributed by atoms with van der Waals surface area (Å²) in [6.45, 7) is 0.813. The van der Waals surface area contributed by atoms with Gasteiger partial charge in [-0.25, -0.2) is 9.78 Å². The Bertz CT molecular complexity index is 1100. The van der Waals surface area contributed by atoms with Crippen molar-refractivity contribution in [1.29, 1.82) is 0 Å². The molecule has 0 unspecified atom stereocenters. The number of nitrogens with one attached hydrogen (secondary N) is 5. The van der Waals surface area contributed by atoms with E-state index in [2.05, 4.69) is 36.2 Å². The molecule has 0 aliphatic heterocycles. The molecule has 6 atom stereocenters. The number of aliphatic hydroxyl groups excluding tert-OH is 2. The summed E-state index contributed by atoms with van der Waals surface area (Å²) in [5, 5.41) is 38.9. The van der Waals surface area contributed by atoms with Gasteiger partial charge in [0.1, 0.15) is 24.2 Å². The second kappa shape index (κ2) is 19.8. The highest BCUT2D eigenvalue weighted by Crippen LogP contribution is 2.06. The number of nitrogens with two attached hydrogens (primary N) is 4. The molecule has 4 amide bonds. The van der Waals surface area contributed by atoms with Crippen molar-refractivity contribution in [1.82, 2.24) is 31.2 Å². The Morgan fingerprint density at radius 1 is 0.932 bits per heavy atom. The van der Waals surface area contributed by atoms with E-state index >= 15 is 0 Å². The Kier molecular flexibility index (Phi) is 16.9. The van der Waals surface area contributed by atoms with Crippen molar-refractivity contribution in [2.45, 2.75) is 81.8 Å². The number of amides is 4. The zero-order chi connectivity index (χ0) is 33.2. The Labute approximate surface area is 254 Å². The maximum atomic E-state index is 13.2. The first-order valence-corrected chi connectivity index (χ1v) is 14.0. The SMILES string of the molecule is C[C@@H](O)[C@H](NC(=O)[C@H](CCCCN)NC(=O)[C@H](CO)NC(=O)[C@@H](N)Cc1cnc[nH]1)C(=O)N[C@@H](CCCN=C(N)N)C(=O)O. The number of carboxylic acids is 1. The minimum absolute atomic E-state index is 0.0457. The Morgan fingerprint density at radius 3 is 2.09 bits per heavy atom. The summed E-state index contributed by atoms with van der Waals surface area (Å²) in [5.41, 5.74) is 22.5. The molecular weight excluding hydrogens is 582 g/mol. The van der Waals surface area contributed by atoms with Crippen LogP contribution in [-0.4, -0.2) is 117 Å². The predicted molar refractivity (Wildman–Crippen MR) is 157 cm³/mol. The molecule has 0 saturated carbocycles. The first kappa shape index (κ1) is 37.7. The van der Waals surface area contributed by atoms with Crippen molar-refractivity contribution in [2.24, 2.45) is 27.9 Å². The van der Waals surface area contributed by atoms with Crippen molar-refractivity contribution < 1.29 is 39.3 Å². The van der Waals surface area contributed by atoms with Gasteiger partial charge in [-0.05, 0) is 45.6 Å². The molecule has 0 bridgehead atoms. The number of hydrogen-bond donors (Lipinski definition) is 12. The summed E-state index contributed by atoms with van der Waals surface area (Å²) in [7, 11) is 0.